The zero-order chi connectivity index (χ0) is 24.8. The minimum atomic E-state index is -1.02. The van der Waals surface area contributed by atoms with Crippen molar-refractivity contribution in [2.75, 3.05) is 0 Å². The standard InChI is InChI=1S/C27H28F2N4O2/c1-2-9-26-14-17-15-32-33(21-5-3-19(28)4-6-21)24(17)12-18(26)7-10-27(26,35)11-8-23-22(25(30)34)13-20(29)16-31-23/h3-6,12-13,15-16,35H,2,7-11,14H2,1H3,(H2,30,34)/t26?,27-/m1/s1. The highest BCUT2D eigenvalue weighted by Gasteiger charge is 2.57. The molecule has 1 aromatic carbocycles. The molecule has 6 nitrogen and oxygen atoms in total. The molecule has 0 spiro atoms. The van der Waals surface area contributed by atoms with Gasteiger partial charge in [-0.15, -0.1) is 0 Å². The first-order valence-electron chi connectivity index (χ1n) is 12.0. The van der Waals surface area contributed by atoms with Crippen LogP contribution in [0.4, 0.5) is 8.78 Å². The Kier molecular flexibility index (Phi) is 5.79. The van der Waals surface area contributed by atoms with E-state index >= 15 is 0 Å². The Hall–Kier alpha value is -3.39. The van der Waals surface area contributed by atoms with Gasteiger partial charge in [-0.25, -0.2) is 13.5 Å². The maximum atomic E-state index is 13.6. The summed E-state index contributed by atoms with van der Waals surface area (Å²) in [7, 11) is 0. The molecule has 2 atom stereocenters. The molecule has 2 aliphatic rings. The molecule has 5 rings (SSSR count). The number of amides is 1. The summed E-state index contributed by atoms with van der Waals surface area (Å²) in [5.74, 6) is -1.65. The van der Waals surface area contributed by atoms with Crippen molar-refractivity contribution >= 4 is 12.0 Å². The summed E-state index contributed by atoms with van der Waals surface area (Å²) < 4.78 is 28.9. The number of benzene rings is 1. The van der Waals surface area contributed by atoms with Gasteiger partial charge in [0.1, 0.15) is 11.6 Å². The molecule has 1 fully saturated rings. The zero-order valence-electron chi connectivity index (χ0n) is 19.6. The summed E-state index contributed by atoms with van der Waals surface area (Å²) in [5.41, 5.74) is 8.37. The van der Waals surface area contributed by atoms with Crippen molar-refractivity contribution in [3.63, 3.8) is 0 Å². The molecule has 1 saturated carbocycles. The number of aromatic nitrogens is 3. The summed E-state index contributed by atoms with van der Waals surface area (Å²) >= 11 is 0. The van der Waals surface area contributed by atoms with Crippen LogP contribution in [0.3, 0.4) is 0 Å². The minimum absolute atomic E-state index is 0.0541. The molecule has 2 aliphatic carbocycles. The van der Waals surface area contributed by atoms with Crippen LogP contribution in [0.5, 0.6) is 0 Å². The van der Waals surface area contributed by atoms with Gasteiger partial charge in [-0.1, -0.05) is 18.9 Å². The van der Waals surface area contributed by atoms with Gasteiger partial charge in [-0.05, 0) is 80.5 Å². The maximum absolute atomic E-state index is 13.6. The lowest BCUT2D eigenvalue weighted by Crippen LogP contribution is -2.47. The Morgan fingerprint density at radius 2 is 1.94 bits per heavy atom. The van der Waals surface area contributed by atoms with Crippen LogP contribution >= 0.6 is 0 Å². The molecule has 2 aromatic heterocycles. The summed E-state index contributed by atoms with van der Waals surface area (Å²) in [4.78, 5) is 15.9. The third kappa shape index (κ3) is 3.86. The number of nitrogens with zero attached hydrogens (tertiary/aromatic N) is 3. The molecule has 0 saturated heterocycles. The van der Waals surface area contributed by atoms with Gasteiger partial charge in [0.15, 0.2) is 0 Å². The smallest absolute Gasteiger partial charge is 0.250 e. The number of halogens is 2. The van der Waals surface area contributed by atoms with Crippen molar-refractivity contribution in [1.29, 1.82) is 0 Å². The topological polar surface area (TPSA) is 94.0 Å². The van der Waals surface area contributed by atoms with E-state index in [4.69, 9.17) is 5.73 Å². The summed E-state index contributed by atoms with van der Waals surface area (Å²) in [6.45, 7) is 2.11. The molecule has 2 heterocycles. The van der Waals surface area contributed by atoms with Gasteiger partial charge in [0.05, 0.1) is 40.6 Å². The van der Waals surface area contributed by atoms with Crippen LogP contribution in [-0.2, 0) is 12.8 Å². The number of fused-ring (bicyclic) bond motifs is 2. The van der Waals surface area contributed by atoms with E-state index in [-0.39, 0.29) is 11.4 Å². The van der Waals surface area contributed by atoms with E-state index in [9.17, 15) is 18.7 Å². The molecule has 0 radical (unpaired) electrons. The molecule has 35 heavy (non-hydrogen) atoms. The molecular formula is C27H28F2N4O2. The van der Waals surface area contributed by atoms with Crippen LogP contribution in [0.2, 0.25) is 0 Å². The highest BCUT2D eigenvalue weighted by atomic mass is 19.1. The number of nitrogens with two attached hydrogens (primary N) is 1. The Bertz CT molecular complexity index is 1320. The number of hydrogen-bond acceptors (Lipinski definition) is 4. The number of pyridine rings is 1. The van der Waals surface area contributed by atoms with Crippen molar-refractivity contribution in [3.8, 4) is 5.69 Å². The second-order valence-corrected chi connectivity index (χ2v) is 9.67. The van der Waals surface area contributed by atoms with E-state index in [2.05, 4.69) is 23.1 Å². The SMILES string of the molecule is CCCC12Cc3cnn(-c4ccc(F)cc4)c3C=C1CC[C@@]2(O)CCc1ncc(F)cc1C(N)=O. The molecular weight excluding hydrogens is 450 g/mol. The first-order chi connectivity index (χ1) is 16.8. The Balaban J connectivity index is 1.48. The predicted molar refractivity (Wildman–Crippen MR) is 128 cm³/mol. The van der Waals surface area contributed by atoms with Gasteiger partial charge in [-0.3, -0.25) is 9.78 Å². The molecule has 0 aliphatic heterocycles. The number of carbonyl (C=O) groups is 1. The van der Waals surface area contributed by atoms with Crippen LogP contribution in [0.25, 0.3) is 11.8 Å². The van der Waals surface area contributed by atoms with Crippen molar-refractivity contribution < 1.29 is 18.7 Å². The van der Waals surface area contributed by atoms with Crippen LogP contribution in [0, 0.1) is 17.0 Å². The van der Waals surface area contributed by atoms with Crippen LogP contribution in [0.1, 0.15) is 66.3 Å². The average molecular weight is 479 g/mol. The highest BCUT2D eigenvalue weighted by Crippen LogP contribution is 2.59. The van der Waals surface area contributed by atoms with Crippen molar-refractivity contribution in [1.82, 2.24) is 14.8 Å². The van der Waals surface area contributed by atoms with E-state index < -0.39 is 22.7 Å². The van der Waals surface area contributed by atoms with Crippen molar-refractivity contribution in [2.45, 2.75) is 57.5 Å². The predicted octanol–water partition coefficient (Wildman–Crippen LogP) is 4.53. The lowest BCUT2D eigenvalue weighted by atomic mass is 9.62. The number of primary amides is 1. The van der Waals surface area contributed by atoms with Crippen LogP contribution < -0.4 is 5.73 Å². The van der Waals surface area contributed by atoms with Gasteiger partial charge >= 0.3 is 0 Å². The first-order valence-corrected chi connectivity index (χ1v) is 12.0. The zero-order valence-corrected chi connectivity index (χ0v) is 19.6. The fourth-order valence-corrected chi connectivity index (χ4v) is 6.05. The van der Waals surface area contributed by atoms with Crippen molar-refractivity contribution in [3.05, 3.63) is 82.4 Å². The van der Waals surface area contributed by atoms with E-state index in [1.54, 1.807) is 12.1 Å². The van der Waals surface area contributed by atoms with E-state index in [0.717, 1.165) is 48.5 Å². The van der Waals surface area contributed by atoms with Crippen LogP contribution in [-0.4, -0.2) is 31.4 Å². The Labute approximate surface area is 202 Å². The van der Waals surface area contributed by atoms with Gasteiger partial charge in [0.2, 0.25) is 0 Å². The van der Waals surface area contributed by atoms with Gasteiger partial charge in [0, 0.05) is 5.41 Å². The van der Waals surface area contributed by atoms with Gasteiger partial charge < -0.3 is 10.8 Å². The summed E-state index contributed by atoms with van der Waals surface area (Å²) in [5, 5.41) is 16.6. The maximum Gasteiger partial charge on any atom is 0.250 e. The fraction of sp³-hybridized carbons (Fsp3) is 0.370. The van der Waals surface area contributed by atoms with Crippen molar-refractivity contribution in [2.24, 2.45) is 11.1 Å². The van der Waals surface area contributed by atoms with E-state index in [0.29, 0.717) is 31.4 Å². The number of hydrogen-bond donors (Lipinski definition) is 2. The average Bonchev–Trinajstić information content (AvgIpc) is 3.36. The second kappa shape index (κ2) is 8.68. The molecule has 3 N–H and O–H groups in total. The van der Waals surface area contributed by atoms with Gasteiger partial charge in [-0.2, -0.15) is 5.10 Å². The lowest BCUT2D eigenvalue weighted by Gasteiger charge is -2.45. The molecule has 1 amide bonds. The number of aliphatic hydroxyl groups is 1. The number of carbonyl (C=O) groups excluding carboxylic acids is 1. The highest BCUT2D eigenvalue weighted by molar-refractivity contribution is 5.93. The summed E-state index contributed by atoms with van der Waals surface area (Å²) in [6.07, 6.45) is 9.38. The van der Waals surface area contributed by atoms with Gasteiger partial charge in [0.25, 0.3) is 5.91 Å². The molecule has 1 unspecified atom stereocenters. The summed E-state index contributed by atoms with van der Waals surface area (Å²) in [6, 6.07) is 7.34. The Morgan fingerprint density at radius 1 is 1.17 bits per heavy atom. The quantitative estimate of drug-likeness (QED) is 0.522. The minimum Gasteiger partial charge on any atom is -0.389 e. The largest absolute Gasteiger partial charge is 0.389 e. The first kappa shape index (κ1) is 23.4. The normalized spacial score (nSPS) is 23.0. The van der Waals surface area contributed by atoms with E-state index in [1.807, 2.05) is 10.9 Å². The fourth-order valence-electron chi connectivity index (χ4n) is 6.05. The second-order valence-electron chi connectivity index (χ2n) is 9.67. The third-order valence-electron chi connectivity index (χ3n) is 7.73. The van der Waals surface area contributed by atoms with E-state index in [1.165, 1.54) is 17.7 Å². The number of aryl methyl sites for hydroxylation is 1. The molecule has 3 aromatic rings. The third-order valence-corrected chi connectivity index (χ3v) is 7.73. The van der Waals surface area contributed by atoms with Crippen LogP contribution in [0.15, 0.2) is 48.3 Å². The number of rotatable bonds is 7. The molecule has 0 bridgehead atoms. The molecule has 8 heteroatoms. The monoisotopic (exact) mass is 478 g/mol. The Morgan fingerprint density at radius 3 is 2.66 bits per heavy atom. The molecule has 182 valence electrons. The lowest BCUT2D eigenvalue weighted by molar-refractivity contribution is -0.0595.